The number of hydrogen-bond acceptors (Lipinski definition) is 4. The van der Waals surface area contributed by atoms with Gasteiger partial charge in [0.2, 0.25) is 0 Å². The number of nitrogens with two attached hydrogens (primary N) is 1. The van der Waals surface area contributed by atoms with Gasteiger partial charge in [0.15, 0.2) is 0 Å². The zero-order valence-electron chi connectivity index (χ0n) is 13.2. The lowest BCUT2D eigenvalue weighted by atomic mass is 10.1. The first-order valence-corrected chi connectivity index (χ1v) is 7.57. The second-order valence-corrected chi connectivity index (χ2v) is 5.26. The van der Waals surface area contributed by atoms with E-state index in [0.717, 1.165) is 31.7 Å². The van der Waals surface area contributed by atoms with Crippen molar-refractivity contribution in [2.45, 2.75) is 39.7 Å². The van der Waals surface area contributed by atoms with Gasteiger partial charge in [-0.05, 0) is 44.9 Å². The second-order valence-electron chi connectivity index (χ2n) is 5.26. The van der Waals surface area contributed by atoms with E-state index in [1.54, 1.807) is 12.1 Å². The number of hydrogen-bond donors (Lipinski definition) is 3. The summed E-state index contributed by atoms with van der Waals surface area (Å²) in [5, 5.41) is 6.09. The summed E-state index contributed by atoms with van der Waals surface area (Å²) >= 11 is 0. The van der Waals surface area contributed by atoms with Crippen LogP contribution in [0.4, 0.5) is 11.4 Å². The molecule has 0 bridgehead atoms. The summed E-state index contributed by atoms with van der Waals surface area (Å²) in [6.07, 6.45) is 2.09. The van der Waals surface area contributed by atoms with Crippen molar-refractivity contribution < 1.29 is 9.53 Å². The molecule has 1 amide bonds. The van der Waals surface area contributed by atoms with Crippen LogP contribution in [0.15, 0.2) is 18.2 Å². The summed E-state index contributed by atoms with van der Waals surface area (Å²) in [7, 11) is 0. The van der Waals surface area contributed by atoms with Crippen LogP contribution in [0.3, 0.4) is 0 Å². The summed E-state index contributed by atoms with van der Waals surface area (Å²) < 4.78 is 5.47. The van der Waals surface area contributed by atoms with Crippen molar-refractivity contribution in [3.05, 3.63) is 23.8 Å². The third-order valence-electron chi connectivity index (χ3n) is 2.94. The highest BCUT2D eigenvalue weighted by molar-refractivity contribution is 5.96. The van der Waals surface area contributed by atoms with E-state index in [1.165, 1.54) is 0 Å². The lowest BCUT2D eigenvalue weighted by molar-refractivity contribution is 0.0787. The van der Waals surface area contributed by atoms with Gasteiger partial charge in [0, 0.05) is 25.3 Å². The van der Waals surface area contributed by atoms with Crippen molar-refractivity contribution in [2.75, 3.05) is 30.7 Å². The van der Waals surface area contributed by atoms with Crippen LogP contribution in [0.5, 0.6) is 0 Å². The molecule has 1 rings (SSSR count). The van der Waals surface area contributed by atoms with Crippen LogP contribution in [-0.4, -0.2) is 31.7 Å². The van der Waals surface area contributed by atoms with Crippen molar-refractivity contribution in [3.8, 4) is 0 Å². The minimum Gasteiger partial charge on any atom is -0.397 e. The van der Waals surface area contributed by atoms with Crippen LogP contribution >= 0.6 is 0 Å². The molecule has 0 aliphatic heterocycles. The molecule has 0 saturated carbocycles. The number of rotatable bonds is 9. The molecule has 5 heteroatoms. The van der Waals surface area contributed by atoms with Crippen molar-refractivity contribution in [1.29, 1.82) is 0 Å². The van der Waals surface area contributed by atoms with E-state index < -0.39 is 0 Å². The Hall–Kier alpha value is -1.75. The largest absolute Gasteiger partial charge is 0.397 e. The highest BCUT2D eigenvalue weighted by atomic mass is 16.5. The molecule has 1 aromatic carbocycles. The van der Waals surface area contributed by atoms with Gasteiger partial charge in [0.25, 0.3) is 5.91 Å². The molecule has 0 saturated heterocycles. The second kappa shape index (κ2) is 9.23. The zero-order valence-corrected chi connectivity index (χ0v) is 13.2. The van der Waals surface area contributed by atoms with E-state index >= 15 is 0 Å². The summed E-state index contributed by atoms with van der Waals surface area (Å²) in [4.78, 5) is 11.8. The van der Waals surface area contributed by atoms with Gasteiger partial charge in [-0.25, -0.2) is 0 Å². The van der Waals surface area contributed by atoms with E-state index in [0.29, 0.717) is 17.8 Å². The number of benzene rings is 1. The Labute approximate surface area is 127 Å². The lowest BCUT2D eigenvalue weighted by Crippen LogP contribution is -2.24. The molecular weight excluding hydrogens is 266 g/mol. The van der Waals surface area contributed by atoms with Crippen molar-refractivity contribution in [2.24, 2.45) is 0 Å². The van der Waals surface area contributed by atoms with Gasteiger partial charge in [-0.15, -0.1) is 0 Å². The summed E-state index contributed by atoms with van der Waals surface area (Å²) in [6.45, 7) is 8.25. The fourth-order valence-corrected chi connectivity index (χ4v) is 1.82. The molecule has 0 fully saturated rings. The van der Waals surface area contributed by atoms with E-state index in [4.69, 9.17) is 10.5 Å². The van der Waals surface area contributed by atoms with Gasteiger partial charge >= 0.3 is 0 Å². The Kier molecular flexibility index (Phi) is 7.61. The molecule has 1 aromatic rings. The fourth-order valence-electron chi connectivity index (χ4n) is 1.82. The van der Waals surface area contributed by atoms with Crippen LogP contribution in [0.2, 0.25) is 0 Å². The van der Waals surface area contributed by atoms with Crippen molar-refractivity contribution in [3.63, 3.8) is 0 Å². The predicted molar refractivity (Wildman–Crippen MR) is 87.7 cm³/mol. The van der Waals surface area contributed by atoms with E-state index in [9.17, 15) is 4.79 Å². The quantitative estimate of drug-likeness (QED) is 0.483. The Morgan fingerprint density at radius 3 is 2.71 bits per heavy atom. The lowest BCUT2D eigenvalue weighted by Gasteiger charge is -2.12. The number of carbonyl (C=O) groups excluding carboxylic acids is 1. The third kappa shape index (κ3) is 6.49. The van der Waals surface area contributed by atoms with E-state index in [1.807, 2.05) is 26.8 Å². The van der Waals surface area contributed by atoms with Crippen molar-refractivity contribution >= 4 is 17.3 Å². The topological polar surface area (TPSA) is 76.4 Å². The normalized spacial score (nSPS) is 10.7. The number of ether oxygens (including phenoxy) is 1. The maximum atomic E-state index is 11.8. The first-order chi connectivity index (χ1) is 10.0. The van der Waals surface area contributed by atoms with Gasteiger partial charge in [-0.1, -0.05) is 6.92 Å². The average molecular weight is 293 g/mol. The smallest absolute Gasteiger partial charge is 0.251 e. The Bertz CT molecular complexity index is 447. The molecule has 0 heterocycles. The number of anilines is 2. The molecule has 0 spiro atoms. The molecule has 0 unspecified atom stereocenters. The Morgan fingerprint density at radius 2 is 2.10 bits per heavy atom. The van der Waals surface area contributed by atoms with Gasteiger partial charge in [0.05, 0.1) is 17.5 Å². The Morgan fingerprint density at radius 1 is 1.33 bits per heavy atom. The maximum absolute atomic E-state index is 11.8. The standard InChI is InChI=1S/C16H27N3O2/c1-4-8-19-16(20)13-6-7-15(14(17)11-13)18-9-5-10-21-12(2)3/h6-7,11-12,18H,4-5,8-10,17H2,1-3H3,(H,19,20). The van der Waals surface area contributed by atoms with Crippen LogP contribution in [0.25, 0.3) is 0 Å². The highest BCUT2D eigenvalue weighted by Gasteiger charge is 2.07. The van der Waals surface area contributed by atoms with E-state index in [-0.39, 0.29) is 12.0 Å². The first kappa shape index (κ1) is 17.3. The predicted octanol–water partition coefficient (Wildman–Crippen LogP) is 2.64. The molecule has 0 aliphatic rings. The van der Waals surface area contributed by atoms with Crippen LogP contribution in [0, 0.1) is 0 Å². The summed E-state index contributed by atoms with van der Waals surface area (Å²) in [5.41, 5.74) is 8.01. The highest BCUT2D eigenvalue weighted by Crippen LogP contribution is 2.19. The Balaban J connectivity index is 2.45. The van der Waals surface area contributed by atoms with Gasteiger partial charge < -0.3 is 21.1 Å². The molecule has 0 atom stereocenters. The SMILES string of the molecule is CCCNC(=O)c1ccc(NCCCOC(C)C)c(N)c1. The molecule has 0 radical (unpaired) electrons. The molecular formula is C16H27N3O2. The molecule has 21 heavy (non-hydrogen) atoms. The summed E-state index contributed by atoms with van der Waals surface area (Å²) in [5.74, 6) is -0.0829. The van der Waals surface area contributed by atoms with Gasteiger partial charge in [-0.2, -0.15) is 0 Å². The molecule has 0 aromatic heterocycles. The summed E-state index contributed by atoms with van der Waals surface area (Å²) in [6, 6.07) is 5.34. The maximum Gasteiger partial charge on any atom is 0.251 e. The number of nitrogen functional groups attached to an aromatic ring is 1. The third-order valence-corrected chi connectivity index (χ3v) is 2.94. The van der Waals surface area contributed by atoms with Crippen LogP contribution in [-0.2, 0) is 4.74 Å². The number of nitrogens with one attached hydrogen (secondary N) is 2. The molecule has 118 valence electrons. The number of amides is 1. The fraction of sp³-hybridized carbons (Fsp3) is 0.562. The van der Waals surface area contributed by atoms with Crippen LogP contribution < -0.4 is 16.4 Å². The molecule has 4 N–H and O–H groups in total. The monoisotopic (exact) mass is 293 g/mol. The average Bonchev–Trinajstić information content (AvgIpc) is 2.45. The van der Waals surface area contributed by atoms with Crippen molar-refractivity contribution in [1.82, 2.24) is 5.32 Å². The van der Waals surface area contributed by atoms with E-state index in [2.05, 4.69) is 10.6 Å². The van der Waals surface area contributed by atoms with Gasteiger partial charge in [-0.3, -0.25) is 4.79 Å². The molecule has 0 aliphatic carbocycles. The minimum atomic E-state index is -0.0829. The zero-order chi connectivity index (χ0) is 15.7. The first-order valence-electron chi connectivity index (χ1n) is 7.57. The van der Waals surface area contributed by atoms with Gasteiger partial charge in [0.1, 0.15) is 0 Å². The number of carbonyl (C=O) groups is 1. The molecule has 5 nitrogen and oxygen atoms in total. The van der Waals surface area contributed by atoms with Crippen LogP contribution in [0.1, 0.15) is 44.0 Å². The minimum absolute atomic E-state index is 0.0829.